The van der Waals surface area contributed by atoms with E-state index in [2.05, 4.69) is 85.1 Å². The molecule has 0 radical (unpaired) electrons. The van der Waals surface area contributed by atoms with Crippen LogP contribution in [0.5, 0.6) is 0 Å². The zero-order chi connectivity index (χ0) is 17.0. The molecule has 0 aliphatic heterocycles. The first-order valence-electron chi connectivity index (χ1n) is 9.32. The van der Waals surface area contributed by atoms with E-state index in [9.17, 15) is 0 Å². The van der Waals surface area contributed by atoms with Crippen LogP contribution in [-0.4, -0.2) is 13.1 Å². The summed E-state index contributed by atoms with van der Waals surface area (Å²) in [6.07, 6.45) is 5.26. The Balaban J connectivity index is 1.50. The summed E-state index contributed by atoms with van der Waals surface area (Å²) in [5.41, 5.74) is 2.45. The highest BCUT2D eigenvalue weighted by Gasteiger charge is 2.05. The highest BCUT2D eigenvalue weighted by Crippen LogP contribution is 2.15. The first-order valence-corrected chi connectivity index (χ1v) is 9.32. The fourth-order valence-corrected chi connectivity index (χ4v) is 2.89. The van der Waals surface area contributed by atoms with Crippen LogP contribution in [0, 0.1) is 11.8 Å². The van der Waals surface area contributed by atoms with E-state index < -0.39 is 0 Å². The molecule has 0 saturated heterocycles. The van der Waals surface area contributed by atoms with E-state index in [1.807, 2.05) is 0 Å². The molecular formula is C22H32N2. The van der Waals surface area contributed by atoms with Gasteiger partial charge in [-0.2, -0.15) is 0 Å². The molecule has 2 atom stereocenters. The molecule has 0 aromatic heterocycles. The summed E-state index contributed by atoms with van der Waals surface area (Å²) in [5, 5.41) is 7.05. The van der Waals surface area contributed by atoms with E-state index in [0.29, 0.717) is 0 Å². The molecule has 2 N–H and O–H groups in total. The molecular weight excluding hydrogens is 292 g/mol. The van der Waals surface area contributed by atoms with Crippen LogP contribution in [0.25, 0.3) is 0 Å². The third kappa shape index (κ3) is 7.54. The highest BCUT2D eigenvalue weighted by atomic mass is 14.9. The minimum atomic E-state index is 0.725. The second kappa shape index (κ2) is 10.7. The average molecular weight is 325 g/mol. The molecule has 2 unspecified atom stereocenters. The van der Waals surface area contributed by atoms with Gasteiger partial charge in [-0.1, -0.05) is 63.1 Å². The Morgan fingerprint density at radius 3 is 1.38 bits per heavy atom. The Morgan fingerprint density at radius 2 is 1.00 bits per heavy atom. The lowest BCUT2D eigenvalue weighted by Gasteiger charge is -2.15. The maximum absolute atomic E-state index is 3.52. The van der Waals surface area contributed by atoms with Crippen molar-refractivity contribution < 1.29 is 0 Å². The molecule has 2 nitrogen and oxygen atoms in total. The van der Waals surface area contributed by atoms with E-state index in [1.165, 1.54) is 37.1 Å². The first-order chi connectivity index (χ1) is 11.7. The number of para-hydroxylation sites is 2. The van der Waals surface area contributed by atoms with Crippen molar-refractivity contribution in [2.45, 2.75) is 39.5 Å². The van der Waals surface area contributed by atoms with Gasteiger partial charge >= 0.3 is 0 Å². The van der Waals surface area contributed by atoms with E-state index in [0.717, 1.165) is 24.9 Å². The van der Waals surface area contributed by atoms with Crippen molar-refractivity contribution in [3.63, 3.8) is 0 Å². The number of nitrogens with one attached hydrogen (secondary N) is 2. The summed E-state index contributed by atoms with van der Waals surface area (Å²) >= 11 is 0. The zero-order valence-electron chi connectivity index (χ0n) is 15.2. The Labute approximate surface area is 147 Å². The van der Waals surface area contributed by atoms with Gasteiger partial charge in [0.15, 0.2) is 0 Å². The van der Waals surface area contributed by atoms with E-state index in [-0.39, 0.29) is 0 Å². The number of hydrogen-bond acceptors (Lipinski definition) is 2. The third-order valence-corrected chi connectivity index (χ3v) is 4.50. The van der Waals surface area contributed by atoms with Crippen molar-refractivity contribution in [3.8, 4) is 0 Å². The van der Waals surface area contributed by atoms with Crippen LogP contribution in [0.15, 0.2) is 60.7 Å². The van der Waals surface area contributed by atoms with Crippen molar-refractivity contribution in [1.29, 1.82) is 0 Å². The third-order valence-electron chi connectivity index (χ3n) is 4.50. The number of rotatable bonds is 11. The monoisotopic (exact) mass is 324 g/mol. The Morgan fingerprint density at radius 1 is 0.625 bits per heavy atom. The fourth-order valence-electron chi connectivity index (χ4n) is 2.89. The standard InChI is InChI=1S/C22H32N2/c1-19(17-23-21-13-5-3-6-14-21)11-9-10-12-20(2)18-24-22-15-7-4-8-16-22/h3-8,13-16,19-20,23-24H,9-12,17-18H2,1-2H3. The lowest BCUT2D eigenvalue weighted by Crippen LogP contribution is -2.12. The lowest BCUT2D eigenvalue weighted by atomic mass is 9.98. The second-order valence-electron chi connectivity index (χ2n) is 6.99. The Hall–Kier alpha value is -1.96. The molecule has 0 saturated carbocycles. The SMILES string of the molecule is CC(CCCCC(C)CNc1ccccc1)CNc1ccccc1. The maximum atomic E-state index is 3.52. The molecule has 0 fully saturated rings. The predicted molar refractivity (Wildman–Crippen MR) is 107 cm³/mol. The van der Waals surface area contributed by atoms with Crippen LogP contribution < -0.4 is 10.6 Å². The van der Waals surface area contributed by atoms with Gasteiger partial charge in [0, 0.05) is 24.5 Å². The van der Waals surface area contributed by atoms with Crippen molar-refractivity contribution >= 4 is 11.4 Å². The molecule has 130 valence electrons. The summed E-state index contributed by atoms with van der Waals surface area (Å²) in [5.74, 6) is 1.45. The topological polar surface area (TPSA) is 24.1 Å². The maximum Gasteiger partial charge on any atom is 0.0340 e. The van der Waals surface area contributed by atoms with Gasteiger partial charge in [-0.25, -0.2) is 0 Å². The van der Waals surface area contributed by atoms with Crippen LogP contribution in [-0.2, 0) is 0 Å². The van der Waals surface area contributed by atoms with Crippen LogP contribution in [0.2, 0.25) is 0 Å². The van der Waals surface area contributed by atoms with Crippen molar-refractivity contribution in [2.75, 3.05) is 23.7 Å². The first kappa shape index (κ1) is 18.4. The molecule has 0 bridgehead atoms. The molecule has 0 heterocycles. The molecule has 2 aromatic rings. The van der Waals surface area contributed by atoms with Gasteiger partial charge in [-0.05, 0) is 48.9 Å². The van der Waals surface area contributed by atoms with Crippen molar-refractivity contribution in [1.82, 2.24) is 0 Å². The number of unbranched alkanes of at least 4 members (excludes halogenated alkanes) is 1. The summed E-state index contributed by atoms with van der Waals surface area (Å²) in [6, 6.07) is 21.0. The Kier molecular flexibility index (Phi) is 8.23. The van der Waals surface area contributed by atoms with Gasteiger partial charge < -0.3 is 10.6 Å². The molecule has 2 aromatic carbocycles. The molecule has 0 amide bonds. The molecule has 2 heteroatoms. The van der Waals surface area contributed by atoms with Gasteiger partial charge in [0.1, 0.15) is 0 Å². The van der Waals surface area contributed by atoms with Crippen LogP contribution in [0.1, 0.15) is 39.5 Å². The van der Waals surface area contributed by atoms with Crippen LogP contribution in [0.4, 0.5) is 11.4 Å². The van der Waals surface area contributed by atoms with Gasteiger partial charge in [0.2, 0.25) is 0 Å². The van der Waals surface area contributed by atoms with E-state index >= 15 is 0 Å². The minimum Gasteiger partial charge on any atom is -0.385 e. The molecule has 0 aliphatic rings. The smallest absolute Gasteiger partial charge is 0.0340 e. The second-order valence-corrected chi connectivity index (χ2v) is 6.99. The number of anilines is 2. The molecule has 2 rings (SSSR count). The van der Waals surface area contributed by atoms with Gasteiger partial charge in [-0.3, -0.25) is 0 Å². The summed E-state index contributed by atoms with van der Waals surface area (Å²) < 4.78 is 0. The van der Waals surface area contributed by atoms with Crippen LogP contribution in [0.3, 0.4) is 0 Å². The van der Waals surface area contributed by atoms with Gasteiger partial charge in [0.05, 0.1) is 0 Å². The van der Waals surface area contributed by atoms with Gasteiger partial charge in [0.25, 0.3) is 0 Å². The minimum absolute atomic E-state index is 0.725. The van der Waals surface area contributed by atoms with Gasteiger partial charge in [-0.15, -0.1) is 0 Å². The summed E-state index contributed by atoms with van der Waals surface area (Å²) in [7, 11) is 0. The number of hydrogen-bond donors (Lipinski definition) is 2. The summed E-state index contributed by atoms with van der Waals surface area (Å²) in [6.45, 7) is 6.82. The molecule has 0 spiro atoms. The Bertz CT molecular complexity index is 487. The van der Waals surface area contributed by atoms with E-state index in [1.54, 1.807) is 0 Å². The quantitative estimate of drug-likeness (QED) is 0.492. The van der Waals surface area contributed by atoms with Crippen molar-refractivity contribution in [3.05, 3.63) is 60.7 Å². The molecule has 24 heavy (non-hydrogen) atoms. The molecule has 0 aliphatic carbocycles. The van der Waals surface area contributed by atoms with Crippen molar-refractivity contribution in [2.24, 2.45) is 11.8 Å². The lowest BCUT2D eigenvalue weighted by molar-refractivity contribution is 0.467. The van der Waals surface area contributed by atoms with Crippen LogP contribution >= 0.6 is 0 Å². The van der Waals surface area contributed by atoms with E-state index in [4.69, 9.17) is 0 Å². The largest absolute Gasteiger partial charge is 0.385 e. The number of benzene rings is 2. The predicted octanol–water partition coefficient (Wildman–Crippen LogP) is 6.04. The zero-order valence-corrected chi connectivity index (χ0v) is 15.2. The average Bonchev–Trinajstić information content (AvgIpc) is 2.63. The highest BCUT2D eigenvalue weighted by molar-refractivity contribution is 5.42. The summed E-state index contributed by atoms with van der Waals surface area (Å²) in [4.78, 5) is 0. The normalized spacial score (nSPS) is 13.2. The fraction of sp³-hybridized carbons (Fsp3) is 0.455.